The molecule has 0 aliphatic heterocycles. The summed E-state index contributed by atoms with van der Waals surface area (Å²) in [4.78, 5) is 52.8. The van der Waals surface area contributed by atoms with E-state index in [-0.39, 0.29) is 19.5 Å². The Kier molecular flexibility index (Phi) is 21.4. The number of pyridine rings is 4. The van der Waals surface area contributed by atoms with Gasteiger partial charge in [0.1, 0.15) is 23.0 Å². The SMILES string of the molecule is CCCCCCCCOc1cccc(OCCCCCCCC)c1-c1cc(-c2nc(C)n[n-]2)nc(-c2nc(C)n[n-]2)c1.Cn1c2ccsc2c2sc(-c3ccc(-c4ccnc(-c5cc(OC=O)cc(-c6cc(OC=O)ccn6)n5)c4)s3)cc21.[Ru+2]. The molecule has 84 heavy (non-hydrogen) atoms. The summed E-state index contributed by atoms with van der Waals surface area (Å²) in [5.41, 5.74) is 8.44. The fraction of sp³-hybridized carbons (Fsp3) is 0.302. The third-order valence-electron chi connectivity index (χ3n) is 13.8. The molecule has 10 heterocycles. The predicted octanol–water partition coefficient (Wildman–Crippen LogP) is 15.1. The Morgan fingerprint density at radius 1 is 0.524 bits per heavy atom. The number of aromatic nitrogens is 11. The molecule has 21 heteroatoms. The van der Waals surface area contributed by atoms with Crippen LogP contribution in [0.3, 0.4) is 0 Å². The van der Waals surface area contributed by atoms with Crippen molar-refractivity contribution in [2.45, 2.75) is 105 Å². The normalized spacial score (nSPS) is 11.1. The molecule has 0 radical (unpaired) electrons. The summed E-state index contributed by atoms with van der Waals surface area (Å²) in [6.07, 6.45) is 17.7. The zero-order valence-electron chi connectivity index (χ0n) is 47.4. The van der Waals surface area contributed by atoms with Gasteiger partial charge in [0.05, 0.1) is 73.4 Å². The quantitative estimate of drug-likeness (QED) is 0.0266. The minimum absolute atomic E-state index is 0. The van der Waals surface area contributed by atoms with E-state index in [1.54, 1.807) is 53.1 Å². The van der Waals surface area contributed by atoms with Crippen LogP contribution in [0.2, 0.25) is 0 Å². The number of aryl methyl sites for hydroxylation is 3. The smallest absolute Gasteiger partial charge is 0.493 e. The van der Waals surface area contributed by atoms with E-state index < -0.39 is 0 Å². The van der Waals surface area contributed by atoms with Crippen molar-refractivity contribution < 1.29 is 48.0 Å². The number of nitrogens with zero attached hydrogens (tertiary/aromatic N) is 11. The first-order chi connectivity index (χ1) is 40.7. The number of benzene rings is 1. The molecule has 0 fully saturated rings. The molecule has 0 N–H and O–H groups in total. The number of carbonyl (C=O) groups is 2. The molecular formula is C63H63N11O6RuS3. The van der Waals surface area contributed by atoms with E-state index >= 15 is 0 Å². The topological polar surface area (TPSA) is 207 Å². The van der Waals surface area contributed by atoms with Gasteiger partial charge in [-0.3, -0.25) is 29.8 Å². The van der Waals surface area contributed by atoms with Gasteiger partial charge in [0.15, 0.2) is 0 Å². The molecule has 0 aliphatic carbocycles. The van der Waals surface area contributed by atoms with E-state index in [4.69, 9.17) is 28.9 Å². The van der Waals surface area contributed by atoms with Crippen LogP contribution in [0, 0.1) is 13.8 Å². The molecule has 0 unspecified atom stereocenters. The first kappa shape index (κ1) is 60.7. The van der Waals surface area contributed by atoms with Gasteiger partial charge in [-0.2, -0.15) is 0 Å². The summed E-state index contributed by atoms with van der Waals surface area (Å²) in [6.45, 7) is 10.1. The minimum atomic E-state index is 0. The molecule has 0 saturated heterocycles. The maximum Gasteiger partial charge on any atom is 2.00 e. The molecule has 432 valence electrons. The number of hydrogen-bond acceptors (Lipinski definition) is 17. The summed E-state index contributed by atoms with van der Waals surface area (Å²) in [5.74, 6) is 4.25. The number of rotatable bonds is 27. The first-order valence-electron chi connectivity index (χ1n) is 28.0. The zero-order valence-corrected chi connectivity index (χ0v) is 51.6. The van der Waals surface area contributed by atoms with Crippen molar-refractivity contribution in [2.24, 2.45) is 7.05 Å². The molecule has 1 aromatic carbocycles. The second-order valence-corrected chi connectivity index (χ2v) is 22.9. The Morgan fingerprint density at radius 2 is 1.07 bits per heavy atom. The Morgan fingerprint density at radius 3 is 1.68 bits per heavy atom. The number of unbranched alkanes of at least 4 members (excludes halogenated alkanes) is 10. The fourth-order valence-electron chi connectivity index (χ4n) is 9.62. The number of hydrogen-bond donors (Lipinski definition) is 0. The van der Waals surface area contributed by atoms with Crippen LogP contribution in [-0.4, -0.2) is 70.8 Å². The summed E-state index contributed by atoms with van der Waals surface area (Å²) < 4.78 is 27.9. The third kappa shape index (κ3) is 14.9. The molecule has 10 aromatic heterocycles. The standard InChI is InChI=1S/C33H45N7O2.C30H18N4O4S3.Ru/c1-5-7-9-11-13-15-20-41-29-18-17-19-30(42-21-16-14-12-10-8-6-2)31(29)26-22-27(32-34-24(3)37-39-32)36-28(23-26)33-35-25(4)38-40-33;1-34-24-6-9-39-29(24)30-25(34)14-28(41-30)27-3-2-26(40-27)17-4-7-31-20(10-17)22-12-19(38-16-36)13-23(33-22)21-11-18(37-15-35)5-8-32-21;/h17-19,22-23H,5-16,20-21H2,1-4H3;2-16H,1H3;/q-2;;+2. The van der Waals surface area contributed by atoms with Gasteiger partial charge in [-0.1, -0.05) is 84.1 Å². The predicted molar refractivity (Wildman–Crippen MR) is 328 cm³/mol. The van der Waals surface area contributed by atoms with E-state index in [9.17, 15) is 9.59 Å². The molecule has 0 saturated carbocycles. The fourth-order valence-corrected chi connectivity index (χ4v) is 13.0. The van der Waals surface area contributed by atoms with Gasteiger partial charge in [-0.25, -0.2) is 9.97 Å². The van der Waals surface area contributed by atoms with Crippen LogP contribution in [0.15, 0.2) is 109 Å². The number of fused-ring (bicyclic) bond motifs is 3. The van der Waals surface area contributed by atoms with Gasteiger partial charge in [-0.05, 0) is 122 Å². The number of ether oxygens (including phenoxy) is 4. The van der Waals surface area contributed by atoms with Crippen molar-refractivity contribution in [1.29, 1.82) is 0 Å². The summed E-state index contributed by atoms with van der Waals surface area (Å²) in [7, 11) is 2.12. The number of thiophene rings is 3. The van der Waals surface area contributed by atoms with Crippen molar-refractivity contribution in [3.05, 3.63) is 120 Å². The van der Waals surface area contributed by atoms with Gasteiger partial charge >= 0.3 is 19.5 Å². The van der Waals surface area contributed by atoms with Crippen LogP contribution in [0.1, 0.15) is 103 Å². The van der Waals surface area contributed by atoms with Crippen molar-refractivity contribution in [1.82, 2.24) is 54.9 Å². The molecule has 0 spiro atoms. The van der Waals surface area contributed by atoms with Crippen molar-refractivity contribution in [3.63, 3.8) is 0 Å². The maximum absolute atomic E-state index is 11.1. The first-order valence-corrected chi connectivity index (χ1v) is 30.5. The second-order valence-electron chi connectivity index (χ2n) is 19.8. The molecule has 17 nitrogen and oxygen atoms in total. The summed E-state index contributed by atoms with van der Waals surface area (Å²) in [6, 6.07) is 29.0. The average molecular weight is 1270 g/mol. The van der Waals surface area contributed by atoms with Gasteiger partial charge < -0.3 is 43.7 Å². The molecule has 0 bridgehead atoms. The molecule has 11 rings (SSSR count). The Balaban J connectivity index is 0.000000199. The van der Waals surface area contributed by atoms with Crippen LogP contribution >= 0.6 is 34.0 Å². The Hall–Kier alpha value is -7.84. The number of carbonyl (C=O) groups excluding carboxylic acids is 2. The van der Waals surface area contributed by atoms with Gasteiger partial charge in [-0.15, -0.1) is 34.0 Å². The Bertz CT molecular complexity index is 3860. The van der Waals surface area contributed by atoms with Crippen LogP contribution in [-0.2, 0) is 36.1 Å². The molecular weight excluding hydrogens is 1200 g/mol. The van der Waals surface area contributed by atoms with E-state index in [1.165, 1.54) is 87.8 Å². The monoisotopic (exact) mass is 1270 g/mol. The van der Waals surface area contributed by atoms with Gasteiger partial charge in [0, 0.05) is 63.9 Å². The van der Waals surface area contributed by atoms with E-state index in [0.717, 1.165) is 58.7 Å². The van der Waals surface area contributed by atoms with E-state index in [2.05, 4.69) is 95.4 Å². The summed E-state index contributed by atoms with van der Waals surface area (Å²) in [5, 5.41) is 18.8. The zero-order chi connectivity index (χ0) is 57.5. The van der Waals surface area contributed by atoms with Crippen molar-refractivity contribution in [2.75, 3.05) is 13.2 Å². The molecule has 0 amide bonds. The largest absolute Gasteiger partial charge is 2.00 e. The van der Waals surface area contributed by atoms with Crippen LogP contribution in [0.25, 0.3) is 97.6 Å². The van der Waals surface area contributed by atoms with Crippen LogP contribution < -0.4 is 29.1 Å². The molecule has 0 aliphatic rings. The van der Waals surface area contributed by atoms with Gasteiger partial charge in [0.25, 0.3) is 12.9 Å². The van der Waals surface area contributed by atoms with Crippen molar-refractivity contribution in [3.8, 4) is 100 Å². The molecule has 0 atom stereocenters. The van der Waals surface area contributed by atoms with Gasteiger partial charge in [0.2, 0.25) is 0 Å². The third-order valence-corrected chi connectivity index (χ3v) is 17.3. The van der Waals surface area contributed by atoms with Crippen LogP contribution in [0.5, 0.6) is 23.0 Å². The Labute approximate surface area is 512 Å². The minimum Gasteiger partial charge on any atom is -0.493 e. The molecule has 11 aromatic rings. The van der Waals surface area contributed by atoms with E-state index in [0.29, 0.717) is 95.1 Å². The summed E-state index contributed by atoms with van der Waals surface area (Å²) >= 11 is 5.33. The van der Waals surface area contributed by atoms with Crippen LogP contribution in [0.4, 0.5) is 0 Å². The maximum atomic E-state index is 11.1. The van der Waals surface area contributed by atoms with Crippen molar-refractivity contribution >= 4 is 67.4 Å². The van der Waals surface area contributed by atoms with E-state index in [1.807, 2.05) is 67.6 Å². The second kappa shape index (κ2) is 29.6. The average Bonchev–Trinajstić information content (AvgIpc) is 1.95.